The molecule has 1 aromatic carbocycles. The van der Waals surface area contributed by atoms with Crippen molar-refractivity contribution < 1.29 is 4.74 Å². The van der Waals surface area contributed by atoms with Crippen LogP contribution >= 0.6 is 11.8 Å². The Kier molecular flexibility index (Phi) is 4.28. The summed E-state index contributed by atoms with van der Waals surface area (Å²) >= 11 is 1.79. The summed E-state index contributed by atoms with van der Waals surface area (Å²) in [6.07, 6.45) is 4.15. The summed E-state index contributed by atoms with van der Waals surface area (Å²) in [6, 6.07) is 9.84. The van der Waals surface area contributed by atoms with Gasteiger partial charge in [-0.1, -0.05) is 12.1 Å². The van der Waals surface area contributed by atoms with E-state index in [1.807, 2.05) is 18.2 Å². The molecule has 6 heteroatoms. The third-order valence-corrected chi connectivity index (χ3v) is 4.72. The number of nitrogen functional groups attached to an aromatic ring is 1. The summed E-state index contributed by atoms with van der Waals surface area (Å²) in [5.74, 6) is 7.49. The number of hydrogen-bond donors (Lipinski definition) is 3. The Bertz CT molecular complexity index is 622. The van der Waals surface area contributed by atoms with Crippen LogP contribution in [0.15, 0.2) is 47.6 Å². The maximum atomic E-state index is 6.07. The van der Waals surface area contributed by atoms with Gasteiger partial charge in [-0.25, -0.2) is 0 Å². The van der Waals surface area contributed by atoms with E-state index in [4.69, 9.17) is 16.3 Å². The minimum atomic E-state index is -0.0163. The van der Waals surface area contributed by atoms with Crippen molar-refractivity contribution in [2.75, 3.05) is 11.5 Å². The van der Waals surface area contributed by atoms with Crippen LogP contribution in [0.3, 0.4) is 0 Å². The smallest absolute Gasteiger partial charge is 0.133 e. The van der Waals surface area contributed by atoms with E-state index in [0.717, 1.165) is 22.8 Å². The Hall–Kier alpha value is -1.76. The first kappa shape index (κ1) is 14.2. The second kappa shape index (κ2) is 6.34. The van der Waals surface area contributed by atoms with Crippen LogP contribution in [-0.2, 0) is 6.42 Å². The van der Waals surface area contributed by atoms with Gasteiger partial charge in [0.1, 0.15) is 11.9 Å². The van der Waals surface area contributed by atoms with Gasteiger partial charge >= 0.3 is 0 Å². The molecular weight excluding hydrogens is 284 g/mol. The number of rotatable bonds is 4. The molecule has 0 bridgehead atoms. The molecule has 2 atom stereocenters. The zero-order chi connectivity index (χ0) is 14.7. The van der Waals surface area contributed by atoms with Gasteiger partial charge in [0.15, 0.2) is 0 Å². The van der Waals surface area contributed by atoms with E-state index in [2.05, 4.69) is 16.5 Å². The highest BCUT2D eigenvalue weighted by Crippen LogP contribution is 2.36. The SMILES string of the molecule is NNC(Cc1cnccc1N)C1CSc2ccccc2O1. The molecular formula is C15H18N4OS. The van der Waals surface area contributed by atoms with Gasteiger partial charge in [0.2, 0.25) is 0 Å². The van der Waals surface area contributed by atoms with Crippen LogP contribution in [-0.4, -0.2) is 22.9 Å². The number of hydrazine groups is 1. The van der Waals surface area contributed by atoms with Crippen molar-refractivity contribution in [3.05, 3.63) is 48.3 Å². The number of aromatic nitrogens is 1. The molecule has 2 heterocycles. The van der Waals surface area contributed by atoms with Crippen molar-refractivity contribution in [2.45, 2.75) is 23.5 Å². The monoisotopic (exact) mass is 302 g/mol. The number of para-hydroxylation sites is 1. The van der Waals surface area contributed by atoms with Crippen molar-refractivity contribution >= 4 is 17.4 Å². The molecule has 0 amide bonds. The van der Waals surface area contributed by atoms with Crippen LogP contribution < -0.4 is 21.7 Å². The van der Waals surface area contributed by atoms with Crippen LogP contribution in [0.1, 0.15) is 5.56 Å². The summed E-state index contributed by atoms with van der Waals surface area (Å²) in [4.78, 5) is 5.29. The number of hydrogen-bond acceptors (Lipinski definition) is 6. The topological polar surface area (TPSA) is 86.2 Å². The first-order valence-electron chi connectivity index (χ1n) is 6.81. The standard InChI is InChI=1S/C15H18N4OS/c16-11-5-6-18-8-10(11)7-12(19-17)14-9-21-15-4-2-1-3-13(15)20-14/h1-6,8,12,14,19H,7,9,17H2,(H2,16,18). The summed E-state index contributed by atoms with van der Waals surface area (Å²) in [5, 5.41) is 0. The normalized spacial score (nSPS) is 18.6. The third-order valence-electron chi connectivity index (χ3n) is 3.57. The fourth-order valence-corrected chi connectivity index (χ4v) is 3.45. The summed E-state index contributed by atoms with van der Waals surface area (Å²) in [6.45, 7) is 0. The Morgan fingerprint density at radius 1 is 1.38 bits per heavy atom. The van der Waals surface area contributed by atoms with Crippen LogP contribution in [0.4, 0.5) is 5.69 Å². The lowest BCUT2D eigenvalue weighted by molar-refractivity contribution is 0.165. The number of thioether (sulfide) groups is 1. The molecule has 110 valence electrons. The zero-order valence-corrected chi connectivity index (χ0v) is 12.3. The molecule has 0 saturated carbocycles. The van der Waals surface area contributed by atoms with E-state index in [-0.39, 0.29) is 12.1 Å². The van der Waals surface area contributed by atoms with Gasteiger partial charge in [0, 0.05) is 28.7 Å². The molecule has 0 radical (unpaired) electrons. The molecule has 21 heavy (non-hydrogen) atoms. The fraction of sp³-hybridized carbons (Fsp3) is 0.267. The highest BCUT2D eigenvalue weighted by molar-refractivity contribution is 7.99. The Morgan fingerprint density at radius 2 is 2.24 bits per heavy atom. The maximum Gasteiger partial charge on any atom is 0.133 e. The molecule has 1 aliphatic rings. The molecule has 0 spiro atoms. The average Bonchev–Trinajstić information content (AvgIpc) is 2.54. The van der Waals surface area contributed by atoms with Crippen molar-refractivity contribution in [2.24, 2.45) is 5.84 Å². The lowest BCUT2D eigenvalue weighted by Gasteiger charge is -2.31. The summed E-state index contributed by atoms with van der Waals surface area (Å²) < 4.78 is 6.07. The molecule has 1 aliphatic heterocycles. The summed E-state index contributed by atoms with van der Waals surface area (Å²) in [7, 11) is 0. The second-order valence-corrected chi connectivity index (χ2v) is 6.03. The summed E-state index contributed by atoms with van der Waals surface area (Å²) in [5.41, 5.74) is 10.5. The van der Waals surface area contributed by atoms with Crippen LogP contribution in [0.25, 0.3) is 0 Å². The van der Waals surface area contributed by atoms with Crippen molar-refractivity contribution in [3.8, 4) is 5.75 Å². The number of nitrogens with one attached hydrogen (secondary N) is 1. The molecule has 0 aliphatic carbocycles. The van der Waals surface area contributed by atoms with E-state index in [1.54, 1.807) is 30.2 Å². The first-order valence-corrected chi connectivity index (χ1v) is 7.79. The number of benzene rings is 1. The van der Waals surface area contributed by atoms with Gasteiger partial charge < -0.3 is 10.5 Å². The van der Waals surface area contributed by atoms with E-state index in [9.17, 15) is 0 Å². The van der Waals surface area contributed by atoms with Gasteiger partial charge in [0.05, 0.1) is 6.04 Å². The minimum Gasteiger partial charge on any atom is -0.487 e. The Balaban J connectivity index is 1.74. The highest BCUT2D eigenvalue weighted by atomic mass is 32.2. The molecule has 1 aromatic heterocycles. The largest absolute Gasteiger partial charge is 0.487 e. The fourth-order valence-electron chi connectivity index (χ4n) is 2.38. The quantitative estimate of drug-likeness (QED) is 0.587. The van der Waals surface area contributed by atoms with E-state index < -0.39 is 0 Å². The molecule has 0 fully saturated rings. The zero-order valence-electron chi connectivity index (χ0n) is 11.5. The van der Waals surface area contributed by atoms with E-state index in [1.165, 1.54) is 4.90 Å². The molecule has 2 aromatic rings. The van der Waals surface area contributed by atoms with E-state index >= 15 is 0 Å². The number of pyridine rings is 1. The Labute approximate surface area is 128 Å². The molecule has 2 unspecified atom stereocenters. The minimum absolute atomic E-state index is 0.00509. The van der Waals surface area contributed by atoms with Gasteiger partial charge in [-0.15, -0.1) is 11.8 Å². The second-order valence-electron chi connectivity index (χ2n) is 4.97. The maximum absolute atomic E-state index is 6.07. The van der Waals surface area contributed by atoms with Crippen LogP contribution in [0.5, 0.6) is 5.75 Å². The number of nitrogens with zero attached hydrogens (tertiary/aromatic N) is 1. The molecule has 5 N–H and O–H groups in total. The van der Waals surface area contributed by atoms with Gasteiger partial charge in [-0.3, -0.25) is 16.3 Å². The highest BCUT2D eigenvalue weighted by Gasteiger charge is 2.28. The lowest BCUT2D eigenvalue weighted by Crippen LogP contribution is -2.50. The van der Waals surface area contributed by atoms with Crippen LogP contribution in [0, 0.1) is 0 Å². The number of nitrogens with two attached hydrogens (primary N) is 2. The van der Waals surface area contributed by atoms with E-state index in [0.29, 0.717) is 6.42 Å². The predicted molar refractivity (Wildman–Crippen MR) is 85.0 cm³/mol. The van der Waals surface area contributed by atoms with Crippen molar-refractivity contribution in [3.63, 3.8) is 0 Å². The number of ether oxygens (including phenoxy) is 1. The molecule has 3 rings (SSSR count). The Morgan fingerprint density at radius 3 is 3.05 bits per heavy atom. The van der Waals surface area contributed by atoms with Gasteiger partial charge in [0.25, 0.3) is 0 Å². The van der Waals surface area contributed by atoms with Gasteiger partial charge in [-0.05, 0) is 30.2 Å². The van der Waals surface area contributed by atoms with Crippen molar-refractivity contribution in [1.82, 2.24) is 10.4 Å². The predicted octanol–water partition coefficient (Wildman–Crippen LogP) is 1.59. The first-order chi connectivity index (χ1) is 10.3. The molecule has 5 nitrogen and oxygen atoms in total. The molecule has 0 saturated heterocycles. The third kappa shape index (κ3) is 3.12. The average molecular weight is 302 g/mol. The number of anilines is 1. The van der Waals surface area contributed by atoms with Crippen LogP contribution in [0.2, 0.25) is 0 Å². The van der Waals surface area contributed by atoms with Gasteiger partial charge in [-0.2, -0.15) is 0 Å². The lowest BCUT2D eigenvalue weighted by atomic mass is 10.0. The number of fused-ring (bicyclic) bond motifs is 1. The van der Waals surface area contributed by atoms with Crippen molar-refractivity contribution in [1.29, 1.82) is 0 Å².